The molecule has 100 valence electrons. The number of aryl methyl sites for hydroxylation is 2. The summed E-state index contributed by atoms with van der Waals surface area (Å²) in [4.78, 5) is 0. The normalized spacial score (nSPS) is 29.2. The minimum Gasteiger partial charge on any atom is -0.311 e. The largest absolute Gasteiger partial charge is 0.311 e. The van der Waals surface area contributed by atoms with E-state index >= 15 is 0 Å². The first-order valence-corrected chi connectivity index (χ1v) is 7.44. The second-order valence-corrected chi connectivity index (χ2v) is 6.25. The molecule has 1 aromatic heterocycles. The van der Waals surface area contributed by atoms with Crippen LogP contribution in [0.2, 0.25) is 0 Å². The number of nitrogens with one attached hydrogen (secondary N) is 1. The number of rotatable bonds is 3. The van der Waals surface area contributed by atoms with Gasteiger partial charge in [-0.2, -0.15) is 5.10 Å². The van der Waals surface area contributed by atoms with Crippen molar-refractivity contribution in [1.82, 2.24) is 15.1 Å². The quantitative estimate of drug-likeness (QED) is 0.889. The molecule has 1 saturated heterocycles. The Kier molecular flexibility index (Phi) is 3.18. The monoisotopic (exact) mass is 247 g/mol. The summed E-state index contributed by atoms with van der Waals surface area (Å²) in [6.45, 7) is 3.29. The van der Waals surface area contributed by atoms with Crippen LogP contribution < -0.4 is 5.32 Å². The second-order valence-electron chi connectivity index (χ2n) is 6.25. The average molecular weight is 247 g/mol. The van der Waals surface area contributed by atoms with Crippen molar-refractivity contribution in [2.24, 2.45) is 13.0 Å². The zero-order valence-corrected chi connectivity index (χ0v) is 11.7. The average Bonchev–Trinajstić information content (AvgIpc) is 3.12. The number of nitrogens with zero attached hydrogens (tertiary/aromatic N) is 2. The molecule has 1 aliphatic carbocycles. The first-order chi connectivity index (χ1) is 8.70. The standard InChI is InChI=1S/C15H25N3/c1-12-10-14(18(2)17-12)11-15(13-6-7-13)8-4-3-5-9-16-15/h10,13,16H,3-9,11H2,1-2H3. The molecular formula is C15H25N3. The fourth-order valence-corrected chi connectivity index (χ4v) is 3.60. The molecule has 1 atom stereocenters. The van der Waals surface area contributed by atoms with Crippen LogP contribution in [0.15, 0.2) is 6.07 Å². The fourth-order valence-electron chi connectivity index (χ4n) is 3.60. The molecule has 2 heterocycles. The van der Waals surface area contributed by atoms with Crippen molar-refractivity contribution in [2.45, 2.75) is 57.4 Å². The lowest BCUT2D eigenvalue weighted by Crippen LogP contribution is -2.49. The van der Waals surface area contributed by atoms with E-state index in [1.54, 1.807) is 0 Å². The van der Waals surface area contributed by atoms with Gasteiger partial charge in [-0.15, -0.1) is 0 Å². The lowest BCUT2D eigenvalue weighted by molar-refractivity contribution is 0.266. The van der Waals surface area contributed by atoms with Gasteiger partial charge in [-0.05, 0) is 51.1 Å². The van der Waals surface area contributed by atoms with Crippen molar-refractivity contribution >= 4 is 0 Å². The molecule has 0 radical (unpaired) electrons. The highest BCUT2D eigenvalue weighted by molar-refractivity contribution is 5.15. The maximum Gasteiger partial charge on any atom is 0.0596 e. The maximum absolute atomic E-state index is 4.50. The van der Waals surface area contributed by atoms with Crippen LogP contribution in [0.25, 0.3) is 0 Å². The van der Waals surface area contributed by atoms with Gasteiger partial charge in [0.1, 0.15) is 0 Å². The zero-order valence-electron chi connectivity index (χ0n) is 11.7. The van der Waals surface area contributed by atoms with E-state index in [4.69, 9.17) is 0 Å². The SMILES string of the molecule is Cc1cc(CC2(C3CC3)CCCCCN2)n(C)n1. The van der Waals surface area contributed by atoms with Gasteiger partial charge in [-0.25, -0.2) is 0 Å². The fraction of sp³-hybridized carbons (Fsp3) is 0.800. The first kappa shape index (κ1) is 12.2. The van der Waals surface area contributed by atoms with E-state index in [1.165, 1.54) is 50.8 Å². The summed E-state index contributed by atoms with van der Waals surface area (Å²) in [5.41, 5.74) is 2.91. The Morgan fingerprint density at radius 3 is 2.89 bits per heavy atom. The van der Waals surface area contributed by atoms with Gasteiger partial charge < -0.3 is 5.32 Å². The lowest BCUT2D eigenvalue weighted by atomic mass is 9.83. The zero-order chi connectivity index (χ0) is 12.6. The molecule has 2 fully saturated rings. The van der Waals surface area contributed by atoms with Gasteiger partial charge in [0.15, 0.2) is 0 Å². The van der Waals surface area contributed by atoms with Crippen LogP contribution in [-0.2, 0) is 13.5 Å². The van der Waals surface area contributed by atoms with Crippen molar-refractivity contribution in [1.29, 1.82) is 0 Å². The molecule has 0 amide bonds. The van der Waals surface area contributed by atoms with Gasteiger partial charge in [0, 0.05) is 24.7 Å². The smallest absolute Gasteiger partial charge is 0.0596 e. The van der Waals surface area contributed by atoms with Crippen LogP contribution in [-0.4, -0.2) is 21.9 Å². The third kappa shape index (κ3) is 2.33. The van der Waals surface area contributed by atoms with Crippen LogP contribution in [0.5, 0.6) is 0 Å². The van der Waals surface area contributed by atoms with E-state index in [2.05, 4.69) is 35.1 Å². The molecule has 1 aromatic rings. The number of aromatic nitrogens is 2. The van der Waals surface area contributed by atoms with E-state index in [1.807, 2.05) is 0 Å². The highest BCUT2D eigenvalue weighted by Gasteiger charge is 2.45. The first-order valence-electron chi connectivity index (χ1n) is 7.44. The van der Waals surface area contributed by atoms with Crippen molar-refractivity contribution in [3.63, 3.8) is 0 Å². The Morgan fingerprint density at radius 1 is 1.39 bits per heavy atom. The summed E-state index contributed by atoms with van der Waals surface area (Å²) >= 11 is 0. The molecule has 3 rings (SSSR count). The minimum atomic E-state index is 0.372. The molecule has 3 nitrogen and oxygen atoms in total. The predicted molar refractivity (Wildman–Crippen MR) is 73.6 cm³/mol. The second kappa shape index (κ2) is 4.69. The van der Waals surface area contributed by atoms with E-state index in [9.17, 15) is 0 Å². The molecule has 2 aliphatic rings. The topological polar surface area (TPSA) is 29.9 Å². The highest BCUT2D eigenvalue weighted by atomic mass is 15.3. The summed E-state index contributed by atoms with van der Waals surface area (Å²) in [6.07, 6.45) is 9.48. The van der Waals surface area contributed by atoms with Gasteiger partial charge in [-0.3, -0.25) is 4.68 Å². The van der Waals surface area contributed by atoms with Crippen LogP contribution in [0.3, 0.4) is 0 Å². The van der Waals surface area contributed by atoms with Crippen LogP contribution >= 0.6 is 0 Å². The molecule has 0 aromatic carbocycles. The number of hydrogen-bond acceptors (Lipinski definition) is 2. The third-order valence-electron chi connectivity index (χ3n) is 4.73. The van der Waals surface area contributed by atoms with Gasteiger partial charge in [0.05, 0.1) is 5.69 Å². The summed E-state index contributed by atoms with van der Waals surface area (Å²) in [5, 5.41) is 8.40. The van der Waals surface area contributed by atoms with Crippen molar-refractivity contribution in [3.05, 3.63) is 17.5 Å². The van der Waals surface area contributed by atoms with E-state index in [0.717, 1.165) is 18.0 Å². The molecule has 1 saturated carbocycles. The highest BCUT2D eigenvalue weighted by Crippen LogP contribution is 2.45. The van der Waals surface area contributed by atoms with Gasteiger partial charge in [0.25, 0.3) is 0 Å². The molecule has 1 N–H and O–H groups in total. The van der Waals surface area contributed by atoms with Crippen molar-refractivity contribution in [2.75, 3.05) is 6.54 Å². The summed E-state index contributed by atoms with van der Waals surface area (Å²) in [7, 11) is 2.08. The Morgan fingerprint density at radius 2 is 2.22 bits per heavy atom. The van der Waals surface area contributed by atoms with Gasteiger partial charge in [0.2, 0.25) is 0 Å². The Balaban J connectivity index is 1.83. The minimum absolute atomic E-state index is 0.372. The number of hydrogen-bond donors (Lipinski definition) is 1. The summed E-state index contributed by atoms with van der Waals surface area (Å²) in [5.74, 6) is 0.908. The van der Waals surface area contributed by atoms with Crippen molar-refractivity contribution in [3.8, 4) is 0 Å². The van der Waals surface area contributed by atoms with E-state index < -0.39 is 0 Å². The third-order valence-corrected chi connectivity index (χ3v) is 4.73. The molecule has 1 unspecified atom stereocenters. The molecule has 0 spiro atoms. The predicted octanol–water partition coefficient (Wildman–Crippen LogP) is 2.58. The molecule has 1 aliphatic heterocycles. The summed E-state index contributed by atoms with van der Waals surface area (Å²) < 4.78 is 2.08. The molecule has 18 heavy (non-hydrogen) atoms. The Labute approximate surface area is 110 Å². The Bertz CT molecular complexity index is 409. The van der Waals surface area contributed by atoms with Crippen LogP contribution in [0.1, 0.15) is 49.9 Å². The van der Waals surface area contributed by atoms with Crippen molar-refractivity contribution < 1.29 is 0 Å². The molecule has 3 heteroatoms. The van der Waals surface area contributed by atoms with E-state index in [0.29, 0.717) is 5.54 Å². The van der Waals surface area contributed by atoms with Gasteiger partial charge >= 0.3 is 0 Å². The Hall–Kier alpha value is -0.830. The molecular weight excluding hydrogens is 222 g/mol. The summed E-state index contributed by atoms with van der Waals surface area (Å²) in [6, 6.07) is 2.26. The molecule has 0 bridgehead atoms. The van der Waals surface area contributed by atoms with Crippen LogP contribution in [0, 0.1) is 12.8 Å². The van der Waals surface area contributed by atoms with E-state index in [-0.39, 0.29) is 0 Å². The van der Waals surface area contributed by atoms with Gasteiger partial charge in [-0.1, -0.05) is 12.8 Å². The van der Waals surface area contributed by atoms with Crippen LogP contribution in [0.4, 0.5) is 0 Å². The maximum atomic E-state index is 4.50. The lowest BCUT2D eigenvalue weighted by Gasteiger charge is -2.34.